The van der Waals surface area contributed by atoms with Crippen LogP contribution in [0.5, 0.6) is 0 Å². The zero-order chi connectivity index (χ0) is 9.84. The lowest BCUT2D eigenvalue weighted by molar-refractivity contribution is -0.145. The predicted molar refractivity (Wildman–Crippen MR) is 51.7 cm³/mol. The van der Waals surface area contributed by atoms with Crippen LogP contribution >= 0.6 is 0 Å². The molecule has 0 radical (unpaired) electrons. The second kappa shape index (κ2) is 4.61. The SMILES string of the molecule is CC[C@H](C(=O)O)N1CCCC[C@@H]1C. The van der Waals surface area contributed by atoms with Crippen LogP contribution in [0.4, 0.5) is 0 Å². The van der Waals surface area contributed by atoms with Crippen LogP contribution in [0.1, 0.15) is 39.5 Å². The molecular weight excluding hydrogens is 166 g/mol. The average Bonchev–Trinajstić information content (AvgIpc) is 2.09. The average molecular weight is 185 g/mol. The number of nitrogens with zero attached hydrogens (tertiary/aromatic N) is 1. The minimum absolute atomic E-state index is 0.268. The van der Waals surface area contributed by atoms with E-state index in [1.54, 1.807) is 0 Å². The standard InChI is InChI=1S/C10H19NO2/c1-3-9(10(12)13)11-7-5-4-6-8(11)2/h8-9H,3-7H2,1-2H3,(H,12,13)/t8-,9+/m0/s1. The van der Waals surface area contributed by atoms with Gasteiger partial charge in [0.1, 0.15) is 6.04 Å². The summed E-state index contributed by atoms with van der Waals surface area (Å²) in [5, 5.41) is 9.00. The summed E-state index contributed by atoms with van der Waals surface area (Å²) in [5.74, 6) is -0.670. The molecule has 3 nitrogen and oxygen atoms in total. The fourth-order valence-corrected chi connectivity index (χ4v) is 2.13. The summed E-state index contributed by atoms with van der Waals surface area (Å²) in [5.41, 5.74) is 0. The van der Waals surface area contributed by atoms with Gasteiger partial charge in [0.25, 0.3) is 0 Å². The largest absolute Gasteiger partial charge is 0.480 e. The first-order chi connectivity index (χ1) is 6.16. The van der Waals surface area contributed by atoms with E-state index in [4.69, 9.17) is 5.11 Å². The van der Waals surface area contributed by atoms with Crippen LogP contribution in [0.2, 0.25) is 0 Å². The van der Waals surface area contributed by atoms with Crippen LogP contribution in [-0.4, -0.2) is 34.6 Å². The molecule has 0 aromatic rings. The lowest BCUT2D eigenvalue weighted by Gasteiger charge is -2.37. The molecule has 1 heterocycles. The van der Waals surface area contributed by atoms with E-state index in [1.165, 1.54) is 6.42 Å². The first-order valence-electron chi connectivity index (χ1n) is 5.15. The predicted octanol–water partition coefficient (Wildman–Crippen LogP) is 1.72. The van der Waals surface area contributed by atoms with Gasteiger partial charge in [-0.25, -0.2) is 0 Å². The molecule has 1 aliphatic heterocycles. The zero-order valence-corrected chi connectivity index (χ0v) is 8.49. The molecule has 0 aromatic heterocycles. The Labute approximate surface area is 79.7 Å². The fraction of sp³-hybridized carbons (Fsp3) is 0.900. The van der Waals surface area contributed by atoms with Crippen molar-refractivity contribution in [1.29, 1.82) is 0 Å². The summed E-state index contributed by atoms with van der Waals surface area (Å²) in [6, 6.07) is 0.171. The van der Waals surface area contributed by atoms with Crippen molar-refractivity contribution >= 4 is 5.97 Å². The van der Waals surface area contributed by atoms with Gasteiger partial charge in [-0.3, -0.25) is 9.69 Å². The van der Waals surface area contributed by atoms with Gasteiger partial charge in [-0.1, -0.05) is 13.3 Å². The van der Waals surface area contributed by atoms with E-state index in [0.717, 1.165) is 19.4 Å². The minimum atomic E-state index is -0.670. The lowest BCUT2D eigenvalue weighted by Crippen LogP contribution is -2.48. The Kier molecular flexibility index (Phi) is 3.72. The van der Waals surface area contributed by atoms with Gasteiger partial charge in [0.15, 0.2) is 0 Å². The number of carboxylic acid groups (broad SMARTS) is 1. The molecule has 1 N–H and O–H groups in total. The smallest absolute Gasteiger partial charge is 0.320 e. The first-order valence-corrected chi connectivity index (χ1v) is 5.15. The molecule has 0 spiro atoms. The molecule has 0 aromatic carbocycles. The van der Waals surface area contributed by atoms with Crippen LogP contribution in [0, 0.1) is 0 Å². The van der Waals surface area contributed by atoms with Gasteiger partial charge in [-0.05, 0) is 32.7 Å². The molecule has 1 fully saturated rings. The molecule has 0 bridgehead atoms. The maximum atomic E-state index is 10.9. The van der Waals surface area contributed by atoms with Crippen LogP contribution < -0.4 is 0 Å². The highest BCUT2D eigenvalue weighted by atomic mass is 16.4. The Morgan fingerprint density at radius 2 is 2.31 bits per heavy atom. The topological polar surface area (TPSA) is 40.5 Å². The Bertz CT molecular complexity index is 182. The van der Waals surface area contributed by atoms with Gasteiger partial charge >= 0.3 is 5.97 Å². The molecule has 1 saturated heterocycles. The quantitative estimate of drug-likeness (QED) is 0.728. The Morgan fingerprint density at radius 3 is 2.77 bits per heavy atom. The van der Waals surface area contributed by atoms with Gasteiger partial charge < -0.3 is 5.11 Å². The normalized spacial score (nSPS) is 27.1. The number of carboxylic acids is 1. The maximum Gasteiger partial charge on any atom is 0.320 e. The van der Waals surface area contributed by atoms with Gasteiger partial charge in [0, 0.05) is 6.04 Å². The van der Waals surface area contributed by atoms with Gasteiger partial charge in [0.2, 0.25) is 0 Å². The van der Waals surface area contributed by atoms with E-state index in [-0.39, 0.29) is 6.04 Å². The van der Waals surface area contributed by atoms with Crippen molar-refractivity contribution in [1.82, 2.24) is 4.90 Å². The summed E-state index contributed by atoms with van der Waals surface area (Å²) < 4.78 is 0. The monoisotopic (exact) mass is 185 g/mol. The van der Waals surface area contributed by atoms with Gasteiger partial charge in [-0.2, -0.15) is 0 Å². The van der Waals surface area contributed by atoms with E-state index in [9.17, 15) is 4.79 Å². The molecule has 0 unspecified atom stereocenters. The highest BCUT2D eigenvalue weighted by molar-refractivity contribution is 5.73. The number of piperidine rings is 1. The molecule has 1 aliphatic rings. The summed E-state index contributed by atoms with van der Waals surface area (Å²) in [6.07, 6.45) is 4.24. The number of aliphatic carboxylic acids is 1. The molecule has 0 amide bonds. The first kappa shape index (κ1) is 10.5. The summed E-state index contributed by atoms with van der Waals surface area (Å²) in [4.78, 5) is 13.1. The Balaban J connectivity index is 2.60. The molecule has 76 valence electrons. The highest BCUT2D eigenvalue weighted by Crippen LogP contribution is 2.20. The second-order valence-corrected chi connectivity index (χ2v) is 3.84. The molecule has 3 heteroatoms. The van der Waals surface area contributed by atoms with Crippen LogP contribution in [-0.2, 0) is 4.79 Å². The highest BCUT2D eigenvalue weighted by Gasteiger charge is 2.29. The summed E-state index contributed by atoms with van der Waals surface area (Å²) >= 11 is 0. The molecule has 13 heavy (non-hydrogen) atoms. The third-order valence-electron chi connectivity index (χ3n) is 2.93. The molecule has 0 aliphatic carbocycles. The van der Waals surface area contributed by atoms with Crippen molar-refractivity contribution in [3.63, 3.8) is 0 Å². The van der Waals surface area contributed by atoms with Crippen LogP contribution in [0.3, 0.4) is 0 Å². The van der Waals surface area contributed by atoms with Gasteiger partial charge in [-0.15, -0.1) is 0 Å². The van der Waals surface area contributed by atoms with E-state index in [1.807, 2.05) is 6.92 Å². The fourth-order valence-electron chi connectivity index (χ4n) is 2.13. The molecule has 2 atom stereocenters. The summed E-state index contributed by atoms with van der Waals surface area (Å²) in [6.45, 7) is 5.02. The van der Waals surface area contributed by atoms with Crippen LogP contribution in [0.25, 0.3) is 0 Å². The van der Waals surface area contributed by atoms with E-state index in [0.29, 0.717) is 12.5 Å². The van der Waals surface area contributed by atoms with E-state index in [2.05, 4.69) is 11.8 Å². The number of likely N-dealkylation sites (tertiary alicyclic amines) is 1. The van der Waals surface area contributed by atoms with Crippen molar-refractivity contribution in [3.05, 3.63) is 0 Å². The Morgan fingerprint density at radius 1 is 1.62 bits per heavy atom. The number of hydrogen-bond donors (Lipinski definition) is 1. The summed E-state index contributed by atoms with van der Waals surface area (Å²) in [7, 11) is 0. The molecule has 1 rings (SSSR count). The molecular formula is C10H19NO2. The van der Waals surface area contributed by atoms with Gasteiger partial charge in [0.05, 0.1) is 0 Å². The second-order valence-electron chi connectivity index (χ2n) is 3.84. The maximum absolute atomic E-state index is 10.9. The lowest BCUT2D eigenvalue weighted by atomic mass is 10.0. The van der Waals surface area contributed by atoms with Crippen molar-refractivity contribution in [2.45, 2.75) is 51.6 Å². The van der Waals surface area contributed by atoms with Crippen LogP contribution in [0.15, 0.2) is 0 Å². The Hall–Kier alpha value is -0.570. The van der Waals surface area contributed by atoms with Crippen molar-refractivity contribution in [2.24, 2.45) is 0 Å². The van der Waals surface area contributed by atoms with Crippen molar-refractivity contribution < 1.29 is 9.90 Å². The van der Waals surface area contributed by atoms with E-state index < -0.39 is 5.97 Å². The van der Waals surface area contributed by atoms with Crippen molar-refractivity contribution in [3.8, 4) is 0 Å². The number of rotatable bonds is 3. The van der Waals surface area contributed by atoms with E-state index >= 15 is 0 Å². The zero-order valence-electron chi connectivity index (χ0n) is 8.49. The molecule has 0 saturated carbocycles. The third kappa shape index (κ3) is 2.44. The van der Waals surface area contributed by atoms with Crippen molar-refractivity contribution in [2.75, 3.05) is 6.54 Å². The minimum Gasteiger partial charge on any atom is -0.480 e. The number of hydrogen-bond acceptors (Lipinski definition) is 2. The number of carbonyl (C=O) groups is 1. The third-order valence-corrected chi connectivity index (χ3v) is 2.93.